The highest BCUT2D eigenvalue weighted by Gasteiger charge is 2.31. The van der Waals surface area contributed by atoms with Gasteiger partial charge in [-0.3, -0.25) is 0 Å². The first-order valence-corrected chi connectivity index (χ1v) is 10.3. The van der Waals surface area contributed by atoms with Gasteiger partial charge >= 0.3 is 0 Å². The summed E-state index contributed by atoms with van der Waals surface area (Å²) in [5.41, 5.74) is 0. The average Bonchev–Trinajstić information content (AvgIpc) is 3.53. The molecule has 1 aliphatic carbocycles. The van der Waals surface area contributed by atoms with Crippen LogP contribution in [0.5, 0.6) is 11.5 Å². The van der Waals surface area contributed by atoms with Crippen molar-refractivity contribution in [2.75, 3.05) is 33.3 Å². The minimum Gasteiger partial charge on any atom is -0.497 e. The molecule has 27 heavy (non-hydrogen) atoms. The molecule has 6 nitrogen and oxygen atoms in total. The number of aliphatic imine (C=N–C) groups is 1. The Morgan fingerprint density at radius 2 is 1.81 bits per heavy atom. The van der Waals surface area contributed by atoms with Gasteiger partial charge in [0.15, 0.2) is 5.96 Å². The molecule has 0 aromatic heterocycles. The molecule has 1 heterocycles. The van der Waals surface area contributed by atoms with E-state index in [1.54, 1.807) is 7.11 Å². The van der Waals surface area contributed by atoms with Gasteiger partial charge in [0.05, 0.1) is 13.7 Å². The first-order valence-electron chi connectivity index (χ1n) is 10.3. The number of ether oxygens (including phenoxy) is 2. The minimum atomic E-state index is 0.00515. The van der Waals surface area contributed by atoms with E-state index in [2.05, 4.69) is 22.5 Å². The SMILES string of the molecule is CCNC(=NCC(C)Oc1ccc(OC)cc1)NC1CCN(C2CC2)CC1. The predicted octanol–water partition coefficient (Wildman–Crippen LogP) is 2.64. The lowest BCUT2D eigenvalue weighted by atomic mass is 10.1. The fourth-order valence-electron chi connectivity index (χ4n) is 3.51. The van der Waals surface area contributed by atoms with Crippen molar-refractivity contribution in [1.82, 2.24) is 15.5 Å². The average molecular weight is 375 g/mol. The van der Waals surface area contributed by atoms with Crippen LogP contribution in [0.1, 0.15) is 39.5 Å². The van der Waals surface area contributed by atoms with Gasteiger partial charge in [0.2, 0.25) is 0 Å². The molecular weight excluding hydrogens is 340 g/mol. The molecule has 0 spiro atoms. The van der Waals surface area contributed by atoms with Crippen LogP contribution < -0.4 is 20.1 Å². The Kier molecular flexibility index (Phi) is 7.21. The van der Waals surface area contributed by atoms with Gasteiger partial charge in [-0.15, -0.1) is 0 Å². The van der Waals surface area contributed by atoms with E-state index in [-0.39, 0.29) is 6.10 Å². The number of rotatable bonds is 8. The quantitative estimate of drug-likeness (QED) is 0.541. The number of nitrogens with zero attached hydrogens (tertiary/aromatic N) is 2. The van der Waals surface area contributed by atoms with E-state index >= 15 is 0 Å². The fraction of sp³-hybridized carbons (Fsp3) is 0.667. The molecule has 3 rings (SSSR count). The van der Waals surface area contributed by atoms with Crippen molar-refractivity contribution >= 4 is 5.96 Å². The van der Waals surface area contributed by atoms with E-state index in [1.165, 1.54) is 38.8 Å². The number of piperidine rings is 1. The summed E-state index contributed by atoms with van der Waals surface area (Å²) < 4.78 is 11.1. The van der Waals surface area contributed by atoms with Crippen LogP contribution in [0.3, 0.4) is 0 Å². The van der Waals surface area contributed by atoms with Crippen LogP contribution in [0.4, 0.5) is 0 Å². The number of guanidine groups is 1. The first kappa shape index (κ1) is 19.8. The largest absolute Gasteiger partial charge is 0.497 e. The smallest absolute Gasteiger partial charge is 0.191 e. The van der Waals surface area contributed by atoms with Crippen LogP contribution in [0.15, 0.2) is 29.3 Å². The van der Waals surface area contributed by atoms with Crippen LogP contribution in [0.2, 0.25) is 0 Å². The molecule has 1 saturated heterocycles. The van der Waals surface area contributed by atoms with E-state index in [1.807, 2.05) is 31.2 Å². The molecule has 0 radical (unpaired) electrons. The van der Waals surface area contributed by atoms with E-state index in [0.717, 1.165) is 30.0 Å². The third-order valence-corrected chi connectivity index (χ3v) is 5.18. The fourth-order valence-corrected chi connectivity index (χ4v) is 3.51. The van der Waals surface area contributed by atoms with Crippen molar-refractivity contribution in [3.05, 3.63) is 24.3 Å². The lowest BCUT2D eigenvalue weighted by Gasteiger charge is -2.33. The van der Waals surface area contributed by atoms with Gasteiger partial charge in [0.25, 0.3) is 0 Å². The zero-order valence-corrected chi connectivity index (χ0v) is 16.9. The van der Waals surface area contributed by atoms with E-state index in [9.17, 15) is 0 Å². The topological polar surface area (TPSA) is 58.1 Å². The molecule has 2 fully saturated rings. The Morgan fingerprint density at radius 3 is 2.41 bits per heavy atom. The minimum absolute atomic E-state index is 0.00515. The van der Waals surface area contributed by atoms with Crippen molar-refractivity contribution in [3.63, 3.8) is 0 Å². The summed E-state index contributed by atoms with van der Waals surface area (Å²) in [5.74, 6) is 2.57. The summed E-state index contributed by atoms with van der Waals surface area (Å²) in [6, 6.07) is 9.06. The highest BCUT2D eigenvalue weighted by molar-refractivity contribution is 5.80. The standard InChI is InChI=1S/C21H34N4O2/c1-4-22-21(24-17-11-13-25(14-12-17)18-5-6-18)23-15-16(2)27-20-9-7-19(26-3)8-10-20/h7-10,16-18H,4-6,11-15H2,1-3H3,(H2,22,23,24). The summed E-state index contributed by atoms with van der Waals surface area (Å²) in [6.45, 7) is 8.04. The van der Waals surface area contributed by atoms with E-state index in [0.29, 0.717) is 12.6 Å². The summed E-state index contributed by atoms with van der Waals surface area (Å²) >= 11 is 0. The lowest BCUT2D eigenvalue weighted by molar-refractivity contribution is 0.197. The van der Waals surface area contributed by atoms with Crippen molar-refractivity contribution in [3.8, 4) is 11.5 Å². The highest BCUT2D eigenvalue weighted by atomic mass is 16.5. The van der Waals surface area contributed by atoms with Crippen molar-refractivity contribution in [2.45, 2.75) is 57.7 Å². The second-order valence-corrected chi connectivity index (χ2v) is 7.51. The third-order valence-electron chi connectivity index (χ3n) is 5.18. The summed E-state index contributed by atoms with van der Waals surface area (Å²) in [5, 5.41) is 6.97. The summed E-state index contributed by atoms with van der Waals surface area (Å²) in [6.07, 6.45) is 5.19. The molecule has 0 amide bonds. The predicted molar refractivity (Wildman–Crippen MR) is 110 cm³/mol. The molecule has 0 bridgehead atoms. The Hall–Kier alpha value is -1.95. The van der Waals surface area contributed by atoms with E-state index in [4.69, 9.17) is 14.5 Å². The maximum Gasteiger partial charge on any atom is 0.191 e. The Labute approximate surface area is 163 Å². The van der Waals surface area contributed by atoms with Gasteiger partial charge in [-0.25, -0.2) is 4.99 Å². The van der Waals surface area contributed by atoms with Crippen molar-refractivity contribution in [2.24, 2.45) is 4.99 Å². The number of hydrogen-bond acceptors (Lipinski definition) is 4. The molecule has 1 aliphatic heterocycles. The number of methoxy groups -OCH3 is 1. The van der Waals surface area contributed by atoms with Gasteiger partial charge < -0.3 is 25.0 Å². The summed E-state index contributed by atoms with van der Waals surface area (Å²) in [4.78, 5) is 7.38. The Bertz CT molecular complexity index is 593. The second-order valence-electron chi connectivity index (χ2n) is 7.51. The van der Waals surface area contributed by atoms with Gasteiger partial charge in [-0.1, -0.05) is 0 Å². The third kappa shape index (κ3) is 6.31. The van der Waals surface area contributed by atoms with Crippen LogP contribution in [0, 0.1) is 0 Å². The summed E-state index contributed by atoms with van der Waals surface area (Å²) in [7, 11) is 1.66. The number of likely N-dealkylation sites (tertiary alicyclic amines) is 1. The van der Waals surface area contributed by atoms with Crippen LogP contribution in [-0.4, -0.2) is 62.3 Å². The van der Waals surface area contributed by atoms with Gasteiger partial charge in [0, 0.05) is 31.7 Å². The van der Waals surface area contributed by atoms with Crippen LogP contribution >= 0.6 is 0 Å². The molecule has 1 saturated carbocycles. The van der Waals surface area contributed by atoms with Gasteiger partial charge in [0.1, 0.15) is 17.6 Å². The maximum absolute atomic E-state index is 5.95. The highest BCUT2D eigenvalue weighted by Crippen LogP contribution is 2.29. The number of nitrogens with one attached hydrogen (secondary N) is 2. The molecule has 150 valence electrons. The molecule has 1 unspecified atom stereocenters. The Balaban J connectivity index is 1.45. The maximum atomic E-state index is 5.95. The molecule has 6 heteroatoms. The van der Waals surface area contributed by atoms with E-state index < -0.39 is 0 Å². The molecular formula is C21H34N4O2. The monoisotopic (exact) mass is 374 g/mol. The zero-order valence-electron chi connectivity index (χ0n) is 16.9. The second kappa shape index (κ2) is 9.83. The number of benzene rings is 1. The van der Waals surface area contributed by atoms with Crippen LogP contribution in [-0.2, 0) is 0 Å². The van der Waals surface area contributed by atoms with Gasteiger partial charge in [-0.2, -0.15) is 0 Å². The molecule has 2 aliphatic rings. The van der Waals surface area contributed by atoms with Crippen molar-refractivity contribution in [1.29, 1.82) is 0 Å². The van der Waals surface area contributed by atoms with Crippen LogP contribution in [0.25, 0.3) is 0 Å². The molecule has 2 N–H and O–H groups in total. The molecule has 1 atom stereocenters. The van der Waals surface area contributed by atoms with Crippen molar-refractivity contribution < 1.29 is 9.47 Å². The van der Waals surface area contributed by atoms with Gasteiger partial charge in [-0.05, 0) is 63.8 Å². The Morgan fingerprint density at radius 1 is 1.15 bits per heavy atom. The lowest BCUT2D eigenvalue weighted by Crippen LogP contribution is -2.49. The molecule has 1 aromatic carbocycles. The first-order chi connectivity index (χ1) is 13.2. The zero-order chi connectivity index (χ0) is 19.1. The normalized spacial score (nSPS) is 20.2. The number of hydrogen-bond donors (Lipinski definition) is 2. The molecule has 1 aromatic rings.